The van der Waals surface area contributed by atoms with E-state index in [1.165, 1.54) is 30.5 Å². The summed E-state index contributed by atoms with van der Waals surface area (Å²) >= 11 is 0. The van der Waals surface area contributed by atoms with Crippen molar-refractivity contribution in [1.29, 1.82) is 0 Å². The number of anilines is 1. The van der Waals surface area contributed by atoms with Gasteiger partial charge < -0.3 is 5.32 Å². The summed E-state index contributed by atoms with van der Waals surface area (Å²) in [5.74, 6) is 0. The largest absolute Gasteiger partial charge is 0.384 e. The molecule has 1 atom stereocenters. The molecule has 14 heavy (non-hydrogen) atoms. The summed E-state index contributed by atoms with van der Waals surface area (Å²) in [6.45, 7) is 5.70. The minimum atomic E-state index is 0.408. The Kier molecular flexibility index (Phi) is 2.49. The van der Waals surface area contributed by atoms with E-state index in [1.54, 1.807) is 0 Å². The molecule has 1 aliphatic rings. The fourth-order valence-corrected chi connectivity index (χ4v) is 2.65. The molecule has 0 spiro atoms. The molecule has 76 valence electrons. The smallest absolute Gasteiger partial charge is 0.0379 e. The molecular formula is C13H19N. The van der Waals surface area contributed by atoms with Gasteiger partial charge in [0.1, 0.15) is 0 Å². The summed E-state index contributed by atoms with van der Waals surface area (Å²) in [4.78, 5) is 0. The average molecular weight is 189 g/mol. The van der Waals surface area contributed by atoms with Crippen molar-refractivity contribution in [1.82, 2.24) is 0 Å². The zero-order valence-corrected chi connectivity index (χ0v) is 9.14. The van der Waals surface area contributed by atoms with Crippen molar-refractivity contribution in [3.8, 4) is 0 Å². The topological polar surface area (TPSA) is 12.0 Å². The first-order valence-electron chi connectivity index (χ1n) is 5.66. The van der Waals surface area contributed by atoms with Gasteiger partial charge in [-0.1, -0.05) is 38.5 Å². The molecule has 1 unspecified atom stereocenters. The fraction of sp³-hybridized carbons (Fsp3) is 0.538. The van der Waals surface area contributed by atoms with E-state index in [4.69, 9.17) is 0 Å². The Labute approximate surface area is 86.5 Å². The molecule has 0 saturated carbocycles. The molecular weight excluding hydrogens is 170 g/mol. The van der Waals surface area contributed by atoms with Crippen molar-refractivity contribution >= 4 is 5.69 Å². The fourth-order valence-electron chi connectivity index (χ4n) is 2.65. The highest BCUT2D eigenvalue weighted by Crippen LogP contribution is 2.42. The summed E-state index contributed by atoms with van der Waals surface area (Å²) in [5.41, 5.74) is 3.29. The van der Waals surface area contributed by atoms with Crippen molar-refractivity contribution in [2.24, 2.45) is 0 Å². The van der Waals surface area contributed by atoms with Crippen LogP contribution >= 0.6 is 0 Å². The lowest BCUT2D eigenvalue weighted by atomic mass is 9.76. The summed E-state index contributed by atoms with van der Waals surface area (Å²) < 4.78 is 0. The number of hydrogen-bond acceptors (Lipinski definition) is 1. The Hall–Kier alpha value is -0.980. The highest BCUT2D eigenvalue weighted by molar-refractivity contribution is 5.60. The van der Waals surface area contributed by atoms with Gasteiger partial charge in [-0.05, 0) is 24.5 Å². The van der Waals surface area contributed by atoms with E-state index in [0.29, 0.717) is 5.41 Å². The Bertz CT molecular complexity index is 315. The van der Waals surface area contributed by atoms with Gasteiger partial charge in [-0.3, -0.25) is 0 Å². The van der Waals surface area contributed by atoms with E-state index in [-0.39, 0.29) is 0 Å². The predicted octanol–water partition coefficient (Wildman–Crippen LogP) is 3.56. The third kappa shape index (κ3) is 1.31. The molecule has 1 aromatic rings. The maximum absolute atomic E-state index is 3.53. The highest BCUT2D eigenvalue weighted by atomic mass is 14.9. The van der Waals surface area contributed by atoms with E-state index in [0.717, 1.165) is 6.54 Å². The van der Waals surface area contributed by atoms with Crippen LogP contribution in [0.1, 0.15) is 38.7 Å². The van der Waals surface area contributed by atoms with Gasteiger partial charge in [0.05, 0.1) is 0 Å². The molecule has 1 aromatic carbocycles. The summed E-state index contributed by atoms with van der Waals surface area (Å²) in [6, 6.07) is 8.76. The number of fused-ring (bicyclic) bond motifs is 1. The Morgan fingerprint density at radius 1 is 1.29 bits per heavy atom. The van der Waals surface area contributed by atoms with E-state index < -0.39 is 0 Å². The quantitative estimate of drug-likeness (QED) is 0.766. The molecule has 0 saturated heterocycles. The van der Waals surface area contributed by atoms with Crippen LogP contribution in [0.4, 0.5) is 5.69 Å². The lowest BCUT2D eigenvalue weighted by Gasteiger charge is -2.27. The molecule has 2 rings (SSSR count). The van der Waals surface area contributed by atoms with Crippen molar-refractivity contribution in [2.75, 3.05) is 11.9 Å². The monoisotopic (exact) mass is 189 g/mol. The second-order valence-electron chi connectivity index (χ2n) is 4.28. The third-order valence-electron chi connectivity index (χ3n) is 3.52. The number of para-hydroxylation sites is 1. The molecule has 0 fully saturated rings. The van der Waals surface area contributed by atoms with Gasteiger partial charge in [0, 0.05) is 17.6 Å². The van der Waals surface area contributed by atoms with Crippen molar-refractivity contribution in [2.45, 2.75) is 38.5 Å². The van der Waals surface area contributed by atoms with Gasteiger partial charge >= 0.3 is 0 Å². The number of hydrogen-bond donors (Lipinski definition) is 1. The maximum atomic E-state index is 3.53. The molecule has 0 aromatic heterocycles. The van der Waals surface area contributed by atoms with E-state index in [9.17, 15) is 0 Å². The lowest BCUT2D eigenvalue weighted by Crippen LogP contribution is -2.27. The van der Waals surface area contributed by atoms with Crippen LogP contribution in [0.15, 0.2) is 24.3 Å². The van der Waals surface area contributed by atoms with Crippen LogP contribution in [0.5, 0.6) is 0 Å². The minimum Gasteiger partial charge on any atom is -0.384 e. The standard InChI is InChI=1S/C13H19N/c1-3-9-13(4-2)10-14-12-8-6-5-7-11(12)13/h5-8,14H,3-4,9-10H2,1-2H3. The molecule has 1 aliphatic heterocycles. The van der Waals surface area contributed by atoms with E-state index in [2.05, 4.69) is 43.4 Å². The molecule has 1 N–H and O–H groups in total. The average Bonchev–Trinajstić information content (AvgIpc) is 2.59. The van der Waals surface area contributed by atoms with Crippen molar-refractivity contribution in [3.63, 3.8) is 0 Å². The Morgan fingerprint density at radius 3 is 2.79 bits per heavy atom. The first-order valence-corrected chi connectivity index (χ1v) is 5.66. The van der Waals surface area contributed by atoms with Crippen molar-refractivity contribution < 1.29 is 0 Å². The van der Waals surface area contributed by atoms with Gasteiger partial charge in [-0.15, -0.1) is 0 Å². The van der Waals surface area contributed by atoms with Gasteiger partial charge in [-0.2, -0.15) is 0 Å². The number of nitrogens with one attached hydrogen (secondary N) is 1. The van der Waals surface area contributed by atoms with Gasteiger partial charge in [0.2, 0.25) is 0 Å². The first-order chi connectivity index (χ1) is 6.82. The van der Waals surface area contributed by atoms with Gasteiger partial charge in [-0.25, -0.2) is 0 Å². The SMILES string of the molecule is CCCC1(CC)CNc2ccccc21. The second-order valence-corrected chi connectivity index (χ2v) is 4.28. The van der Waals surface area contributed by atoms with Crippen LogP contribution in [0, 0.1) is 0 Å². The highest BCUT2D eigenvalue weighted by Gasteiger charge is 2.35. The zero-order valence-electron chi connectivity index (χ0n) is 9.14. The molecule has 0 bridgehead atoms. The zero-order chi connectivity index (χ0) is 10.0. The van der Waals surface area contributed by atoms with Gasteiger partial charge in [0.25, 0.3) is 0 Å². The molecule has 0 amide bonds. The summed E-state index contributed by atoms with van der Waals surface area (Å²) in [6.07, 6.45) is 3.81. The van der Waals surface area contributed by atoms with Crippen LogP contribution < -0.4 is 5.32 Å². The lowest BCUT2D eigenvalue weighted by molar-refractivity contribution is 0.413. The number of benzene rings is 1. The van der Waals surface area contributed by atoms with Crippen molar-refractivity contribution in [3.05, 3.63) is 29.8 Å². The van der Waals surface area contributed by atoms with Crippen LogP contribution in [0.2, 0.25) is 0 Å². The molecule has 1 heterocycles. The molecule has 1 heteroatoms. The summed E-state index contributed by atoms with van der Waals surface area (Å²) in [5, 5.41) is 3.53. The molecule has 1 nitrogen and oxygen atoms in total. The third-order valence-corrected chi connectivity index (χ3v) is 3.52. The minimum absolute atomic E-state index is 0.408. The molecule has 0 radical (unpaired) electrons. The number of rotatable bonds is 3. The Balaban J connectivity index is 2.39. The van der Waals surface area contributed by atoms with Gasteiger partial charge in [0.15, 0.2) is 0 Å². The van der Waals surface area contributed by atoms with Crippen LogP contribution in [-0.2, 0) is 5.41 Å². The van der Waals surface area contributed by atoms with E-state index in [1.807, 2.05) is 0 Å². The van der Waals surface area contributed by atoms with Crippen LogP contribution in [0.3, 0.4) is 0 Å². The first kappa shape index (κ1) is 9.57. The predicted molar refractivity (Wildman–Crippen MR) is 61.8 cm³/mol. The van der Waals surface area contributed by atoms with Crippen LogP contribution in [0.25, 0.3) is 0 Å². The van der Waals surface area contributed by atoms with Crippen LogP contribution in [-0.4, -0.2) is 6.54 Å². The Morgan fingerprint density at radius 2 is 2.07 bits per heavy atom. The van der Waals surface area contributed by atoms with E-state index >= 15 is 0 Å². The second kappa shape index (κ2) is 3.64. The molecule has 0 aliphatic carbocycles. The summed E-state index contributed by atoms with van der Waals surface area (Å²) in [7, 11) is 0. The maximum Gasteiger partial charge on any atom is 0.0379 e. The normalized spacial score (nSPS) is 24.4.